The molecule has 0 bridgehead atoms. The second kappa shape index (κ2) is 6.72. The summed E-state index contributed by atoms with van der Waals surface area (Å²) in [6.45, 7) is 4.15. The molecule has 2 aromatic rings. The summed E-state index contributed by atoms with van der Waals surface area (Å²) in [5.41, 5.74) is 0.616. The molecule has 9 heteroatoms. The van der Waals surface area contributed by atoms with E-state index in [1.165, 1.54) is 16.0 Å². The molecule has 2 rings (SSSR count). The molecule has 0 radical (unpaired) electrons. The molecular weight excluding hydrogens is 335 g/mol. The monoisotopic (exact) mass is 348 g/mol. The van der Waals surface area contributed by atoms with E-state index >= 15 is 0 Å². The van der Waals surface area contributed by atoms with Crippen LogP contribution in [-0.4, -0.2) is 31.3 Å². The quantitative estimate of drug-likeness (QED) is 0.864. The Bertz CT molecular complexity index is 641. The molecule has 114 valence electrons. The van der Waals surface area contributed by atoms with Crippen LogP contribution in [0, 0.1) is 11.8 Å². The fourth-order valence-corrected chi connectivity index (χ4v) is 3.50. The summed E-state index contributed by atoms with van der Waals surface area (Å²) in [6.07, 6.45) is 0.548. The van der Waals surface area contributed by atoms with Crippen molar-refractivity contribution in [2.75, 3.05) is 0 Å². The summed E-state index contributed by atoms with van der Waals surface area (Å²) >= 11 is 13.2. The number of carboxylic acids is 1. The van der Waals surface area contributed by atoms with Gasteiger partial charge in [-0.15, -0.1) is 16.4 Å². The number of aromatic nitrogens is 4. The highest BCUT2D eigenvalue weighted by Crippen LogP contribution is 2.37. The van der Waals surface area contributed by atoms with Gasteiger partial charge in [0.25, 0.3) is 0 Å². The van der Waals surface area contributed by atoms with Crippen LogP contribution < -0.4 is 0 Å². The van der Waals surface area contributed by atoms with Crippen molar-refractivity contribution in [3.05, 3.63) is 14.7 Å². The number of carbonyl (C=O) groups is 1. The van der Waals surface area contributed by atoms with Crippen LogP contribution in [-0.2, 0) is 11.3 Å². The molecule has 21 heavy (non-hydrogen) atoms. The molecule has 0 aromatic carbocycles. The van der Waals surface area contributed by atoms with Crippen LogP contribution in [0.25, 0.3) is 11.4 Å². The number of nitrogens with zero attached hydrogens (tertiary/aromatic N) is 4. The van der Waals surface area contributed by atoms with E-state index in [-0.39, 0.29) is 12.5 Å². The van der Waals surface area contributed by atoms with Crippen molar-refractivity contribution >= 4 is 40.5 Å². The van der Waals surface area contributed by atoms with Crippen molar-refractivity contribution in [1.29, 1.82) is 0 Å². The Morgan fingerprint density at radius 2 is 2.19 bits per heavy atom. The van der Waals surface area contributed by atoms with E-state index in [4.69, 9.17) is 23.2 Å². The van der Waals surface area contributed by atoms with Crippen molar-refractivity contribution in [2.45, 2.75) is 26.8 Å². The highest BCUT2D eigenvalue weighted by Gasteiger charge is 2.23. The number of halogens is 2. The summed E-state index contributed by atoms with van der Waals surface area (Å²) in [7, 11) is 0. The van der Waals surface area contributed by atoms with Gasteiger partial charge in [-0.1, -0.05) is 37.0 Å². The van der Waals surface area contributed by atoms with Gasteiger partial charge in [-0.05, 0) is 28.8 Å². The van der Waals surface area contributed by atoms with E-state index in [1.807, 2.05) is 13.8 Å². The molecule has 0 fully saturated rings. The zero-order valence-corrected chi connectivity index (χ0v) is 13.8. The molecule has 0 saturated carbocycles. The molecular formula is C12H14Cl2N4O2S. The largest absolute Gasteiger partial charge is 0.481 e. The molecule has 0 aliphatic rings. The van der Waals surface area contributed by atoms with Crippen molar-refractivity contribution in [2.24, 2.45) is 11.8 Å². The lowest BCUT2D eigenvalue weighted by Gasteiger charge is -2.14. The van der Waals surface area contributed by atoms with Crippen molar-refractivity contribution in [3.8, 4) is 11.4 Å². The first-order valence-electron chi connectivity index (χ1n) is 6.32. The molecule has 0 aliphatic carbocycles. The average Bonchev–Trinajstić information content (AvgIpc) is 2.94. The van der Waals surface area contributed by atoms with Crippen LogP contribution in [0.1, 0.15) is 20.3 Å². The zero-order chi connectivity index (χ0) is 15.6. The first-order chi connectivity index (χ1) is 9.88. The molecule has 2 aromatic heterocycles. The minimum Gasteiger partial charge on any atom is -0.481 e. The van der Waals surface area contributed by atoms with E-state index in [0.29, 0.717) is 26.5 Å². The van der Waals surface area contributed by atoms with Gasteiger partial charge >= 0.3 is 5.97 Å². The number of tetrazole rings is 1. The predicted octanol–water partition coefficient (Wildman–Crippen LogP) is 3.46. The van der Waals surface area contributed by atoms with Gasteiger partial charge in [0.05, 0.1) is 22.4 Å². The van der Waals surface area contributed by atoms with E-state index in [2.05, 4.69) is 15.5 Å². The average molecular weight is 349 g/mol. The molecule has 6 nitrogen and oxygen atoms in total. The SMILES string of the molecule is CC(C)CC(Cn1nnnc1-c1cc(Cl)sc1Cl)C(=O)O. The van der Waals surface area contributed by atoms with Gasteiger partial charge in [-0.25, -0.2) is 4.68 Å². The van der Waals surface area contributed by atoms with Crippen molar-refractivity contribution < 1.29 is 9.90 Å². The van der Waals surface area contributed by atoms with Gasteiger partial charge in [0.1, 0.15) is 4.34 Å². The van der Waals surface area contributed by atoms with E-state index in [0.717, 1.165) is 0 Å². The molecule has 0 saturated heterocycles. The van der Waals surface area contributed by atoms with Gasteiger partial charge in [0.2, 0.25) is 0 Å². The van der Waals surface area contributed by atoms with Gasteiger partial charge < -0.3 is 5.11 Å². The number of hydrogen-bond donors (Lipinski definition) is 1. The number of rotatable bonds is 6. The minimum absolute atomic E-state index is 0.194. The Morgan fingerprint density at radius 1 is 1.48 bits per heavy atom. The van der Waals surface area contributed by atoms with Crippen LogP contribution in [0.2, 0.25) is 8.67 Å². The maximum absolute atomic E-state index is 11.4. The third-order valence-corrected chi connectivity index (χ3v) is 4.42. The van der Waals surface area contributed by atoms with Crippen molar-refractivity contribution in [3.63, 3.8) is 0 Å². The molecule has 0 aliphatic heterocycles. The van der Waals surface area contributed by atoms with Gasteiger partial charge in [-0.3, -0.25) is 4.79 Å². The molecule has 1 atom stereocenters. The Morgan fingerprint density at radius 3 is 2.71 bits per heavy atom. The summed E-state index contributed by atoms with van der Waals surface area (Å²) in [6, 6.07) is 1.68. The normalized spacial score (nSPS) is 12.8. The third kappa shape index (κ3) is 3.93. The smallest absolute Gasteiger partial charge is 0.308 e. The van der Waals surface area contributed by atoms with E-state index < -0.39 is 11.9 Å². The lowest BCUT2D eigenvalue weighted by atomic mass is 9.97. The van der Waals surface area contributed by atoms with Gasteiger partial charge in [0, 0.05) is 0 Å². The summed E-state index contributed by atoms with van der Waals surface area (Å²) in [5.74, 6) is -0.719. The molecule has 0 amide bonds. The van der Waals surface area contributed by atoms with Gasteiger partial charge in [0.15, 0.2) is 5.82 Å². The van der Waals surface area contributed by atoms with Crippen LogP contribution >= 0.6 is 34.5 Å². The number of hydrogen-bond acceptors (Lipinski definition) is 5. The molecule has 0 spiro atoms. The second-order valence-corrected chi connectivity index (χ2v) is 7.37. The lowest BCUT2D eigenvalue weighted by molar-refractivity contribution is -0.142. The third-order valence-electron chi connectivity index (χ3n) is 2.93. The maximum atomic E-state index is 11.4. The zero-order valence-electron chi connectivity index (χ0n) is 11.5. The highest BCUT2D eigenvalue weighted by atomic mass is 35.5. The van der Waals surface area contributed by atoms with Crippen LogP contribution in [0.5, 0.6) is 0 Å². The number of carboxylic acid groups (broad SMARTS) is 1. The Kier molecular flexibility index (Phi) is 5.18. The van der Waals surface area contributed by atoms with Gasteiger partial charge in [-0.2, -0.15) is 0 Å². The first-order valence-corrected chi connectivity index (χ1v) is 7.90. The van der Waals surface area contributed by atoms with Crippen LogP contribution in [0.15, 0.2) is 6.07 Å². The highest BCUT2D eigenvalue weighted by molar-refractivity contribution is 7.20. The fourth-order valence-electron chi connectivity index (χ4n) is 2.04. The first kappa shape index (κ1) is 16.2. The Balaban J connectivity index is 2.28. The molecule has 1 unspecified atom stereocenters. The molecule has 1 N–H and O–H groups in total. The second-order valence-electron chi connectivity index (χ2n) is 5.09. The molecule has 2 heterocycles. The predicted molar refractivity (Wildman–Crippen MR) is 81.7 cm³/mol. The van der Waals surface area contributed by atoms with Crippen LogP contribution in [0.3, 0.4) is 0 Å². The van der Waals surface area contributed by atoms with E-state index in [1.54, 1.807) is 6.07 Å². The maximum Gasteiger partial charge on any atom is 0.308 e. The van der Waals surface area contributed by atoms with E-state index in [9.17, 15) is 9.90 Å². The summed E-state index contributed by atoms with van der Waals surface area (Å²) < 4.78 is 2.47. The number of aliphatic carboxylic acids is 1. The standard InChI is InChI=1S/C12H14Cl2N4O2S/c1-6(2)3-7(12(19)20)5-18-11(15-16-17-18)8-4-9(13)21-10(8)14/h4,6-7H,3,5H2,1-2H3,(H,19,20). The summed E-state index contributed by atoms with van der Waals surface area (Å²) in [4.78, 5) is 11.4. The van der Waals surface area contributed by atoms with Crippen molar-refractivity contribution in [1.82, 2.24) is 20.2 Å². The number of thiophene rings is 1. The van der Waals surface area contributed by atoms with Crippen LogP contribution in [0.4, 0.5) is 0 Å². The lowest BCUT2D eigenvalue weighted by Crippen LogP contribution is -2.23. The minimum atomic E-state index is -0.861. The Hall–Kier alpha value is -1.18. The summed E-state index contributed by atoms with van der Waals surface area (Å²) in [5, 5.41) is 20.7. The Labute approximate surface area is 135 Å². The fraction of sp³-hybridized carbons (Fsp3) is 0.500. The topological polar surface area (TPSA) is 80.9 Å².